The monoisotopic (exact) mass is 611 g/mol. The zero-order valence-electron chi connectivity index (χ0n) is 25.8. The molecule has 0 radical (unpaired) electrons. The van der Waals surface area contributed by atoms with E-state index in [1.807, 2.05) is 88.4 Å². The van der Waals surface area contributed by atoms with E-state index < -0.39 is 28.5 Å². The van der Waals surface area contributed by atoms with Gasteiger partial charge in [0.05, 0.1) is 10.6 Å². The molecule has 4 aromatic rings. The van der Waals surface area contributed by atoms with Crippen molar-refractivity contribution >= 4 is 27.5 Å². The van der Waals surface area contributed by atoms with Crippen molar-refractivity contribution in [2.24, 2.45) is 0 Å². The number of benzene rings is 4. The van der Waals surface area contributed by atoms with E-state index in [0.29, 0.717) is 5.69 Å². The van der Waals surface area contributed by atoms with Crippen molar-refractivity contribution < 1.29 is 18.0 Å². The second-order valence-electron chi connectivity index (χ2n) is 11.1. The maximum absolute atomic E-state index is 14.5. The summed E-state index contributed by atoms with van der Waals surface area (Å²) >= 11 is 0. The smallest absolute Gasteiger partial charge is 0.264 e. The SMILES string of the molecule is CCC(C)NC(=O)C(Cc1ccccc1)N(Cc1ccccc1C)C(=O)CN(c1cccc(C)c1)S(=O)(=O)c1ccccc1. The van der Waals surface area contributed by atoms with E-state index in [9.17, 15) is 18.0 Å². The van der Waals surface area contributed by atoms with Gasteiger partial charge < -0.3 is 10.2 Å². The lowest BCUT2D eigenvalue weighted by Gasteiger charge is -2.34. The van der Waals surface area contributed by atoms with E-state index >= 15 is 0 Å². The number of sulfonamides is 1. The molecule has 0 heterocycles. The topological polar surface area (TPSA) is 86.8 Å². The molecule has 0 fully saturated rings. The van der Waals surface area contributed by atoms with Crippen LogP contribution in [0.4, 0.5) is 5.69 Å². The second kappa shape index (κ2) is 14.8. The Hall–Kier alpha value is -4.43. The van der Waals surface area contributed by atoms with E-state index in [1.54, 1.807) is 36.4 Å². The normalized spacial score (nSPS) is 12.6. The molecule has 2 unspecified atom stereocenters. The highest BCUT2D eigenvalue weighted by Gasteiger charge is 2.35. The van der Waals surface area contributed by atoms with Crippen LogP contribution >= 0.6 is 0 Å². The van der Waals surface area contributed by atoms with Gasteiger partial charge in [-0.2, -0.15) is 0 Å². The molecule has 0 saturated carbocycles. The molecule has 4 rings (SSSR count). The highest BCUT2D eigenvalue weighted by molar-refractivity contribution is 7.92. The first-order valence-electron chi connectivity index (χ1n) is 14.9. The number of nitrogens with zero attached hydrogens (tertiary/aromatic N) is 2. The molecule has 44 heavy (non-hydrogen) atoms. The van der Waals surface area contributed by atoms with Crippen LogP contribution in [0.1, 0.15) is 42.5 Å². The molecular formula is C36H41N3O4S. The fourth-order valence-corrected chi connectivity index (χ4v) is 6.42. The summed E-state index contributed by atoms with van der Waals surface area (Å²) in [4.78, 5) is 30.1. The van der Waals surface area contributed by atoms with Gasteiger partial charge in [0.15, 0.2) is 0 Å². The van der Waals surface area contributed by atoms with E-state index in [0.717, 1.165) is 33.0 Å². The number of hydrogen-bond acceptors (Lipinski definition) is 4. The van der Waals surface area contributed by atoms with E-state index in [1.165, 1.54) is 17.0 Å². The third kappa shape index (κ3) is 8.14. The summed E-state index contributed by atoms with van der Waals surface area (Å²) in [5.41, 5.74) is 3.98. The molecule has 4 aromatic carbocycles. The molecule has 0 aliphatic heterocycles. The van der Waals surface area contributed by atoms with Crippen molar-refractivity contribution in [2.45, 2.75) is 64.1 Å². The highest BCUT2D eigenvalue weighted by Crippen LogP contribution is 2.26. The fraction of sp³-hybridized carbons (Fsp3) is 0.278. The van der Waals surface area contributed by atoms with Crippen LogP contribution in [-0.2, 0) is 32.6 Å². The van der Waals surface area contributed by atoms with Crippen molar-refractivity contribution in [1.82, 2.24) is 10.2 Å². The van der Waals surface area contributed by atoms with Crippen LogP contribution in [0.2, 0.25) is 0 Å². The summed E-state index contributed by atoms with van der Waals surface area (Å²) in [5, 5.41) is 3.07. The molecule has 2 atom stereocenters. The summed E-state index contributed by atoms with van der Waals surface area (Å²) in [5.74, 6) is -0.757. The molecular weight excluding hydrogens is 570 g/mol. The number of carbonyl (C=O) groups excluding carboxylic acids is 2. The molecule has 8 heteroatoms. The minimum Gasteiger partial charge on any atom is -0.352 e. The lowest BCUT2D eigenvalue weighted by Crippen LogP contribution is -2.54. The summed E-state index contributed by atoms with van der Waals surface area (Å²) in [6.07, 6.45) is 1.00. The van der Waals surface area contributed by atoms with Crippen LogP contribution in [0, 0.1) is 13.8 Å². The Morgan fingerprint density at radius 2 is 1.45 bits per heavy atom. The quantitative estimate of drug-likeness (QED) is 0.199. The van der Waals surface area contributed by atoms with Gasteiger partial charge in [0.25, 0.3) is 10.0 Å². The third-order valence-corrected chi connectivity index (χ3v) is 9.56. The van der Waals surface area contributed by atoms with Crippen molar-refractivity contribution in [3.05, 3.63) is 131 Å². The van der Waals surface area contributed by atoms with Crippen LogP contribution in [0.25, 0.3) is 0 Å². The fourth-order valence-electron chi connectivity index (χ4n) is 5.00. The van der Waals surface area contributed by atoms with Crippen LogP contribution in [-0.4, -0.2) is 43.8 Å². The molecule has 230 valence electrons. The number of aryl methyl sites for hydroxylation is 2. The third-order valence-electron chi connectivity index (χ3n) is 7.77. The van der Waals surface area contributed by atoms with E-state index in [2.05, 4.69) is 5.32 Å². The number of anilines is 1. The number of amides is 2. The predicted octanol–water partition coefficient (Wildman–Crippen LogP) is 6.05. The summed E-state index contributed by atoms with van der Waals surface area (Å²) in [6.45, 7) is 7.41. The first kappa shape index (κ1) is 32.5. The van der Waals surface area contributed by atoms with Gasteiger partial charge >= 0.3 is 0 Å². The molecule has 7 nitrogen and oxygen atoms in total. The maximum Gasteiger partial charge on any atom is 0.264 e. The summed E-state index contributed by atoms with van der Waals surface area (Å²) in [6, 6.07) is 31.5. The molecule has 2 amide bonds. The van der Waals surface area contributed by atoms with Crippen LogP contribution in [0.5, 0.6) is 0 Å². The lowest BCUT2D eigenvalue weighted by molar-refractivity contribution is -0.140. The van der Waals surface area contributed by atoms with Gasteiger partial charge in [0, 0.05) is 19.0 Å². The average molecular weight is 612 g/mol. The first-order chi connectivity index (χ1) is 21.1. The zero-order chi connectivity index (χ0) is 31.7. The molecule has 0 aromatic heterocycles. The molecule has 0 saturated heterocycles. The maximum atomic E-state index is 14.5. The van der Waals surface area contributed by atoms with Crippen molar-refractivity contribution in [2.75, 3.05) is 10.8 Å². The summed E-state index contributed by atoms with van der Waals surface area (Å²) < 4.78 is 29.3. The highest BCUT2D eigenvalue weighted by atomic mass is 32.2. The van der Waals surface area contributed by atoms with Gasteiger partial charge in [-0.1, -0.05) is 91.9 Å². The van der Waals surface area contributed by atoms with Gasteiger partial charge in [0.1, 0.15) is 12.6 Å². The summed E-state index contributed by atoms with van der Waals surface area (Å²) in [7, 11) is -4.12. The Morgan fingerprint density at radius 3 is 2.09 bits per heavy atom. The average Bonchev–Trinajstić information content (AvgIpc) is 3.03. The van der Waals surface area contributed by atoms with Gasteiger partial charge in [-0.15, -0.1) is 0 Å². The minimum absolute atomic E-state index is 0.0788. The lowest BCUT2D eigenvalue weighted by atomic mass is 10.0. The molecule has 1 N–H and O–H groups in total. The van der Waals surface area contributed by atoms with Crippen LogP contribution in [0.3, 0.4) is 0 Å². The molecule has 0 bridgehead atoms. The number of nitrogens with one attached hydrogen (secondary N) is 1. The van der Waals surface area contributed by atoms with Gasteiger partial charge in [-0.05, 0) is 73.7 Å². The molecule has 0 aliphatic carbocycles. The van der Waals surface area contributed by atoms with Gasteiger partial charge in [0.2, 0.25) is 11.8 Å². The Labute approximate surface area is 261 Å². The van der Waals surface area contributed by atoms with Crippen molar-refractivity contribution in [1.29, 1.82) is 0 Å². The number of rotatable bonds is 13. The molecule has 0 aliphatic rings. The second-order valence-corrected chi connectivity index (χ2v) is 13.0. The largest absolute Gasteiger partial charge is 0.352 e. The zero-order valence-corrected chi connectivity index (χ0v) is 26.6. The predicted molar refractivity (Wildman–Crippen MR) is 176 cm³/mol. The Bertz CT molecular complexity index is 1660. The molecule has 0 spiro atoms. The van der Waals surface area contributed by atoms with Gasteiger partial charge in [-0.25, -0.2) is 8.42 Å². The minimum atomic E-state index is -4.12. The Kier molecular flexibility index (Phi) is 11.0. The van der Waals surface area contributed by atoms with Crippen LogP contribution in [0.15, 0.2) is 114 Å². The van der Waals surface area contributed by atoms with E-state index in [4.69, 9.17) is 0 Å². The Balaban J connectivity index is 1.81. The number of hydrogen-bond donors (Lipinski definition) is 1. The van der Waals surface area contributed by atoms with Gasteiger partial charge in [-0.3, -0.25) is 13.9 Å². The van der Waals surface area contributed by atoms with E-state index in [-0.39, 0.29) is 29.8 Å². The first-order valence-corrected chi connectivity index (χ1v) is 16.4. The van der Waals surface area contributed by atoms with Crippen molar-refractivity contribution in [3.63, 3.8) is 0 Å². The standard InChI is InChI=1S/C36H41N3O4S/c1-5-29(4)37-36(41)34(24-30-17-8-6-9-18-30)38(25-31-19-13-12-16-28(31)3)35(40)26-39(32-20-14-15-27(2)23-32)44(42,43)33-21-10-7-11-22-33/h6-23,29,34H,5,24-26H2,1-4H3,(H,37,41). The number of carbonyl (C=O) groups is 2. The Morgan fingerprint density at radius 1 is 0.818 bits per heavy atom. The van der Waals surface area contributed by atoms with Crippen molar-refractivity contribution in [3.8, 4) is 0 Å². The van der Waals surface area contributed by atoms with Crippen LogP contribution < -0.4 is 9.62 Å².